The van der Waals surface area contributed by atoms with Gasteiger partial charge in [0.1, 0.15) is 4.88 Å². The van der Waals surface area contributed by atoms with E-state index < -0.39 is 15.9 Å². The fourth-order valence-corrected chi connectivity index (χ4v) is 2.15. The molecule has 0 saturated carbocycles. The number of nitrogens with zero attached hydrogens (tertiary/aromatic N) is 1. The standard InChI is InChI=1S/C7H12N4O3S2/c1-4-5(15-7(8)11-4)6(12)10-2-3-16(9,13)14/h2-3H2,1H3,(H2,8,11)(H,10,12)(H2,9,13,14). The number of aryl methyl sites for hydroxylation is 1. The van der Waals surface area contributed by atoms with E-state index in [1.807, 2.05) is 0 Å². The highest BCUT2D eigenvalue weighted by molar-refractivity contribution is 7.89. The number of carbonyl (C=O) groups excluding carboxylic acids is 1. The molecular weight excluding hydrogens is 252 g/mol. The minimum Gasteiger partial charge on any atom is -0.375 e. The lowest BCUT2D eigenvalue weighted by molar-refractivity contribution is 0.0959. The lowest BCUT2D eigenvalue weighted by Crippen LogP contribution is -2.31. The molecule has 0 unspecified atom stereocenters. The van der Waals surface area contributed by atoms with E-state index in [-0.39, 0.29) is 12.3 Å². The summed E-state index contributed by atoms with van der Waals surface area (Å²) >= 11 is 1.05. The molecule has 0 bridgehead atoms. The number of hydrogen-bond donors (Lipinski definition) is 3. The topological polar surface area (TPSA) is 128 Å². The third kappa shape index (κ3) is 3.76. The van der Waals surface area contributed by atoms with Gasteiger partial charge < -0.3 is 11.1 Å². The molecule has 1 aromatic heterocycles. The van der Waals surface area contributed by atoms with E-state index in [1.54, 1.807) is 6.92 Å². The third-order valence-electron chi connectivity index (χ3n) is 1.69. The van der Waals surface area contributed by atoms with Crippen LogP contribution < -0.4 is 16.2 Å². The Bertz CT molecular complexity index is 494. The molecule has 0 radical (unpaired) electrons. The molecule has 0 aromatic carbocycles. The second-order valence-electron chi connectivity index (χ2n) is 3.09. The number of sulfonamides is 1. The minimum atomic E-state index is -3.56. The molecule has 0 spiro atoms. The highest BCUT2D eigenvalue weighted by Crippen LogP contribution is 2.18. The number of nitrogens with two attached hydrogens (primary N) is 2. The Balaban J connectivity index is 2.57. The number of nitrogen functional groups attached to an aromatic ring is 1. The lowest BCUT2D eigenvalue weighted by Gasteiger charge is -2.02. The van der Waals surface area contributed by atoms with Crippen LogP contribution in [-0.2, 0) is 10.0 Å². The van der Waals surface area contributed by atoms with Crippen LogP contribution in [0.1, 0.15) is 15.4 Å². The van der Waals surface area contributed by atoms with E-state index in [4.69, 9.17) is 10.9 Å². The lowest BCUT2D eigenvalue weighted by atomic mass is 10.4. The van der Waals surface area contributed by atoms with Crippen LogP contribution >= 0.6 is 11.3 Å². The van der Waals surface area contributed by atoms with Gasteiger partial charge in [0.2, 0.25) is 10.0 Å². The number of amides is 1. The maximum Gasteiger partial charge on any atom is 0.263 e. The molecule has 90 valence electrons. The van der Waals surface area contributed by atoms with E-state index in [1.165, 1.54) is 0 Å². The van der Waals surface area contributed by atoms with Crippen molar-refractivity contribution < 1.29 is 13.2 Å². The van der Waals surface area contributed by atoms with Crippen molar-refractivity contribution in [3.8, 4) is 0 Å². The predicted molar refractivity (Wildman–Crippen MR) is 61.6 cm³/mol. The van der Waals surface area contributed by atoms with Crippen molar-refractivity contribution in [2.45, 2.75) is 6.92 Å². The molecule has 0 aliphatic carbocycles. The van der Waals surface area contributed by atoms with E-state index in [0.717, 1.165) is 11.3 Å². The summed E-state index contributed by atoms with van der Waals surface area (Å²) in [5.41, 5.74) is 5.95. The summed E-state index contributed by atoms with van der Waals surface area (Å²) in [5, 5.41) is 7.51. The predicted octanol–water partition coefficient (Wildman–Crippen LogP) is -0.948. The fourth-order valence-electron chi connectivity index (χ4n) is 1.02. The van der Waals surface area contributed by atoms with Crippen LogP contribution in [0, 0.1) is 6.92 Å². The molecule has 1 rings (SSSR count). The molecule has 16 heavy (non-hydrogen) atoms. The zero-order valence-corrected chi connectivity index (χ0v) is 10.2. The molecule has 0 atom stereocenters. The summed E-state index contributed by atoms with van der Waals surface area (Å²) in [4.78, 5) is 15.8. The maximum atomic E-state index is 11.5. The van der Waals surface area contributed by atoms with Crippen molar-refractivity contribution in [1.82, 2.24) is 10.3 Å². The Morgan fingerprint density at radius 2 is 2.19 bits per heavy atom. The van der Waals surface area contributed by atoms with Crippen LogP contribution in [0.4, 0.5) is 5.13 Å². The number of carbonyl (C=O) groups is 1. The number of primary sulfonamides is 1. The van der Waals surface area contributed by atoms with Gasteiger partial charge in [0.15, 0.2) is 5.13 Å². The average molecular weight is 264 g/mol. The van der Waals surface area contributed by atoms with Crippen LogP contribution in [0.2, 0.25) is 0 Å². The summed E-state index contributed by atoms with van der Waals surface area (Å²) < 4.78 is 21.2. The van der Waals surface area contributed by atoms with Gasteiger partial charge in [-0.15, -0.1) is 0 Å². The number of aromatic nitrogens is 1. The second kappa shape index (κ2) is 4.76. The van der Waals surface area contributed by atoms with Crippen molar-refractivity contribution in [1.29, 1.82) is 0 Å². The number of anilines is 1. The molecule has 0 aliphatic heterocycles. The van der Waals surface area contributed by atoms with E-state index in [0.29, 0.717) is 15.7 Å². The SMILES string of the molecule is Cc1nc(N)sc1C(=O)NCCS(N)(=O)=O. The van der Waals surface area contributed by atoms with Crippen LogP contribution in [0.3, 0.4) is 0 Å². The fraction of sp³-hybridized carbons (Fsp3) is 0.429. The molecule has 0 fully saturated rings. The van der Waals surface area contributed by atoms with Crippen molar-refractivity contribution in [3.05, 3.63) is 10.6 Å². The molecule has 1 heterocycles. The quantitative estimate of drug-likeness (QED) is 0.646. The first-order valence-corrected chi connectivity index (χ1v) is 6.84. The van der Waals surface area contributed by atoms with Gasteiger partial charge in [-0.2, -0.15) is 0 Å². The molecule has 1 amide bonds. The first-order chi connectivity index (χ1) is 7.29. The molecule has 7 nitrogen and oxygen atoms in total. The van der Waals surface area contributed by atoms with Gasteiger partial charge >= 0.3 is 0 Å². The number of nitrogens with one attached hydrogen (secondary N) is 1. The summed E-state index contributed by atoms with van der Waals surface area (Å²) in [7, 11) is -3.56. The zero-order chi connectivity index (χ0) is 12.3. The van der Waals surface area contributed by atoms with E-state index in [9.17, 15) is 13.2 Å². The first-order valence-electron chi connectivity index (χ1n) is 4.31. The number of hydrogen-bond acceptors (Lipinski definition) is 6. The molecule has 0 aliphatic rings. The Kier molecular flexibility index (Phi) is 3.83. The molecule has 5 N–H and O–H groups in total. The van der Waals surface area contributed by atoms with E-state index >= 15 is 0 Å². The van der Waals surface area contributed by atoms with Gasteiger partial charge in [0, 0.05) is 6.54 Å². The van der Waals surface area contributed by atoms with Crippen molar-refractivity contribution in [3.63, 3.8) is 0 Å². The summed E-state index contributed by atoms with van der Waals surface area (Å²) in [6.07, 6.45) is 0. The maximum absolute atomic E-state index is 11.5. The van der Waals surface area contributed by atoms with Crippen LogP contribution in [-0.4, -0.2) is 31.6 Å². The van der Waals surface area contributed by atoms with Gasteiger partial charge in [-0.05, 0) is 6.92 Å². The highest BCUT2D eigenvalue weighted by Gasteiger charge is 2.14. The molecular formula is C7H12N4O3S2. The Hall–Kier alpha value is -1.19. The normalized spacial score (nSPS) is 11.4. The molecule has 9 heteroatoms. The Labute approximate surface area is 96.9 Å². The van der Waals surface area contributed by atoms with E-state index in [2.05, 4.69) is 10.3 Å². The van der Waals surface area contributed by atoms with Gasteiger partial charge in [-0.1, -0.05) is 11.3 Å². The number of rotatable bonds is 4. The summed E-state index contributed by atoms with van der Waals surface area (Å²) in [5.74, 6) is -0.693. The van der Waals surface area contributed by atoms with Gasteiger partial charge in [-0.3, -0.25) is 4.79 Å². The second-order valence-corrected chi connectivity index (χ2v) is 5.85. The van der Waals surface area contributed by atoms with Crippen LogP contribution in [0.5, 0.6) is 0 Å². The molecule has 0 saturated heterocycles. The third-order valence-corrected chi connectivity index (χ3v) is 3.45. The van der Waals surface area contributed by atoms with Gasteiger partial charge in [0.25, 0.3) is 5.91 Å². The monoisotopic (exact) mass is 264 g/mol. The summed E-state index contributed by atoms with van der Waals surface area (Å²) in [6, 6.07) is 0. The molecule has 1 aromatic rings. The van der Waals surface area contributed by atoms with Crippen LogP contribution in [0.25, 0.3) is 0 Å². The highest BCUT2D eigenvalue weighted by atomic mass is 32.2. The smallest absolute Gasteiger partial charge is 0.263 e. The average Bonchev–Trinajstić information content (AvgIpc) is 2.43. The largest absolute Gasteiger partial charge is 0.375 e. The first kappa shape index (κ1) is 12.9. The van der Waals surface area contributed by atoms with Crippen molar-refractivity contribution in [2.75, 3.05) is 18.0 Å². The zero-order valence-electron chi connectivity index (χ0n) is 8.56. The van der Waals surface area contributed by atoms with Gasteiger partial charge in [-0.25, -0.2) is 18.5 Å². The minimum absolute atomic E-state index is 0.0328. The summed E-state index contributed by atoms with van der Waals surface area (Å²) in [6.45, 7) is 1.62. The van der Waals surface area contributed by atoms with Crippen molar-refractivity contribution in [2.24, 2.45) is 5.14 Å². The van der Waals surface area contributed by atoms with Gasteiger partial charge in [0.05, 0.1) is 11.4 Å². The number of thiazole rings is 1. The van der Waals surface area contributed by atoms with Crippen molar-refractivity contribution >= 4 is 32.4 Å². The Morgan fingerprint density at radius 1 is 1.56 bits per heavy atom. The van der Waals surface area contributed by atoms with Crippen LogP contribution in [0.15, 0.2) is 0 Å². The Morgan fingerprint density at radius 3 is 2.62 bits per heavy atom.